The van der Waals surface area contributed by atoms with Crippen molar-refractivity contribution in [3.8, 4) is 0 Å². The van der Waals surface area contributed by atoms with Crippen LogP contribution in [0.3, 0.4) is 0 Å². The topological polar surface area (TPSA) is 85.6 Å². The first-order valence-corrected chi connectivity index (χ1v) is 13.3. The van der Waals surface area contributed by atoms with E-state index >= 15 is 0 Å². The Morgan fingerprint density at radius 2 is 1.81 bits per heavy atom. The molecule has 3 aromatic rings. The molecule has 0 spiro atoms. The largest absolute Gasteiger partial charge is 0.373 e. The average Bonchev–Trinajstić information content (AvgIpc) is 3.52. The van der Waals surface area contributed by atoms with Crippen LogP contribution in [0.5, 0.6) is 0 Å². The average molecular weight is 493 g/mol. The van der Waals surface area contributed by atoms with Gasteiger partial charge in [0.05, 0.1) is 5.69 Å². The Morgan fingerprint density at radius 1 is 1.06 bits per heavy atom. The maximum absolute atomic E-state index is 10.9. The van der Waals surface area contributed by atoms with Crippen LogP contribution in [0.2, 0.25) is 0 Å². The molecule has 1 saturated carbocycles. The Kier molecular flexibility index (Phi) is 7.52. The van der Waals surface area contributed by atoms with Gasteiger partial charge in [0.2, 0.25) is 5.95 Å². The Balaban J connectivity index is 1.30. The Morgan fingerprint density at radius 3 is 2.44 bits per heavy atom. The first-order chi connectivity index (χ1) is 17.4. The van der Waals surface area contributed by atoms with Crippen molar-refractivity contribution in [2.24, 2.45) is 0 Å². The first kappa shape index (κ1) is 25.1. The molecule has 9 heteroatoms. The molecule has 36 heavy (non-hydrogen) atoms. The van der Waals surface area contributed by atoms with Crippen molar-refractivity contribution in [1.82, 2.24) is 34.2 Å². The number of aliphatic hydroxyl groups excluding tert-OH is 1. The van der Waals surface area contributed by atoms with E-state index in [2.05, 4.69) is 49.6 Å². The smallest absolute Gasteiger partial charge is 0.230 e. The number of nitrogens with one attached hydrogen (secondary N) is 1. The van der Waals surface area contributed by atoms with Crippen LogP contribution < -0.4 is 5.32 Å². The molecule has 1 saturated heterocycles. The number of rotatable bonds is 8. The molecule has 1 atom stereocenters. The summed E-state index contributed by atoms with van der Waals surface area (Å²) < 4.78 is 2.23. The minimum absolute atomic E-state index is 0.356. The van der Waals surface area contributed by atoms with Gasteiger partial charge in [-0.15, -0.1) is 0 Å². The highest BCUT2D eigenvalue weighted by Gasteiger charge is 2.26. The van der Waals surface area contributed by atoms with Crippen LogP contribution in [0.15, 0.2) is 30.6 Å². The number of aliphatic hydroxyl groups is 1. The third kappa shape index (κ3) is 5.39. The molecule has 5 rings (SSSR count). The van der Waals surface area contributed by atoms with E-state index in [-0.39, 0.29) is 0 Å². The minimum Gasteiger partial charge on any atom is -0.373 e. The summed E-state index contributed by atoms with van der Waals surface area (Å²) in [5.41, 5.74) is 2.96. The van der Waals surface area contributed by atoms with Crippen LogP contribution in [-0.2, 0) is 6.54 Å². The van der Waals surface area contributed by atoms with Gasteiger partial charge in [-0.1, -0.05) is 18.9 Å². The van der Waals surface area contributed by atoms with Gasteiger partial charge < -0.3 is 15.0 Å². The van der Waals surface area contributed by atoms with Crippen molar-refractivity contribution in [1.29, 1.82) is 0 Å². The van der Waals surface area contributed by atoms with E-state index in [0.29, 0.717) is 18.0 Å². The molecule has 1 aliphatic carbocycles. The van der Waals surface area contributed by atoms with Crippen LogP contribution in [0.4, 0.5) is 11.8 Å². The van der Waals surface area contributed by atoms with Crippen molar-refractivity contribution in [3.63, 3.8) is 0 Å². The van der Waals surface area contributed by atoms with E-state index in [1.54, 1.807) is 0 Å². The first-order valence-electron chi connectivity index (χ1n) is 13.3. The van der Waals surface area contributed by atoms with Crippen molar-refractivity contribution < 1.29 is 5.11 Å². The van der Waals surface area contributed by atoms with Gasteiger partial charge in [-0.3, -0.25) is 14.7 Å². The second kappa shape index (κ2) is 10.8. The second-order valence-corrected chi connectivity index (χ2v) is 10.8. The fourth-order valence-corrected chi connectivity index (χ4v) is 5.50. The van der Waals surface area contributed by atoms with Gasteiger partial charge in [0, 0.05) is 62.6 Å². The summed E-state index contributed by atoms with van der Waals surface area (Å²) in [4.78, 5) is 20.9. The van der Waals surface area contributed by atoms with Gasteiger partial charge in [-0.05, 0) is 58.5 Å². The highest BCUT2D eigenvalue weighted by Crippen LogP contribution is 2.36. The van der Waals surface area contributed by atoms with Gasteiger partial charge in [0.15, 0.2) is 0 Å². The lowest BCUT2D eigenvalue weighted by Crippen LogP contribution is -2.48. The third-order valence-corrected chi connectivity index (χ3v) is 7.66. The van der Waals surface area contributed by atoms with E-state index in [1.807, 2.05) is 43.5 Å². The molecule has 0 amide bonds. The number of hydrogen-bond acceptors (Lipinski definition) is 8. The van der Waals surface area contributed by atoms with Crippen molar-refractivity contribution in [2.45, 2.75) is 64.4 Å². The zero-order chi connectivity index (χ0) is 25.2. The van der Waals surface area contributed by atoms with E-state index in [0.717, 1.165) is 68.1 Å². The third-order valence-electron chi connectivity index (χ3n) is 7.66. The lowest BCUT2D eigenvalue weighted by Gasteiger charge is -2.36. The molecule has 1 unspecified atom stereocenters. The molecule has 194 valence electrons. The van der Waals surface area contributed by atoms with Crippen molar-refractivity contribution in [3.05, 3.63) is 41.9 Å². The molecule has 2 fully saturated rings. The number of nitrogens with zero attached hydrogens (tertiary/aromatic N) is 7. The predicted molar refractivity (Wildman–Crippen MR) is 143 cm³/mol. The van der Waals surface area contributed by atoms with Crippen LogP contribution in [0, 0.1) is 0 Å². The SMILES string of the molecule is CC(C)N1CCN(Cc2ccc(Nc3ncc4cc(C(O)N(C)C)n(C5CCCC5)c4n3)nc2)CC1. The fourth-order valence-electron chi connectivity index (χ4n) is 5.50. The maximum Gasteiger partial charge on any atom is 0.230 e. The normalized spacial score (nSPS) is 19.1. The number of hydrogen-bond donors (Lipinski definition) is 2. The quantitative estimate of drug-likeness (QED) is 0.460. The highest BCUT2D eigenvalue weighted by molar-refractivity contribution is 5.78. The number of aromatic nitrogens is 4. The van der Waals surface area contributed by atoms with Gasteiger partial charge >= 0.3 is 0 Å². The van der Waals surface area contributed by atoms with Crippen molar-refractivity contribution >= 4 is 22.8 Å². The fraction of sp³-hybridized carbons (Fsp3) is 0.593. The van der Waals surface area contributed by atoms with Crippen LogP contribution in [-0.4, -0.2) is 85.6 Å². The molecule has 0 radical (unpaired) electrons. The summed E-state index contributed by atoms with van der Waals surface area (Å²) in [6.07, 6.45) is 7.75. The molecule has 3 aromatic heterocycles. The summed E-state index contributed by atoms with van der Waals surface area (Å²) in [6, 6.07) is 7.14. The number of pyridine rings is 1. The summed E-state index contributed by atoms with van der Waals surface area (Å²) in [5, 5.41) is 15.1. The van der Waals surface area contributed by atoms with E-state index < -0.39 is 6.23 Å². The van der Waals surface area contributed by atoms with Gasteiger partial charge in [0.25, 0.3) is 0 Å². The standard InChI is InChI=1S/C27H40N8O/c1-19(2)34-13-11-33(12-14-34)18-20-9-10-24(28-16-20)30-27-29-17-21-15-23(26(36)32(3)4)35(25(21)31-27)22-7-5-6-8-22/h9-10,15-17,19,22,26,36H,5-8,11-14,18H2,1-4H3,(H,28,29,30,31). The molecule has 9 nitrogen and oxygen atoms in total. The lowest BCUT2D eigenvalue weighted by atomic mass is 10.2. The van der Waals surface area contributed by atoms with Gasteiger partial charge in [0.1, 0.15) is 17.7 Å². The Bertz CT molecular complexity index is 1140. The summed E-state index contributed by atoms with van der Waals surface area (Å²) in [7, 11) is 3.78. The van der Waals surface area contributed by atoms with Gasteiger partial charge in [-0.2, -0.15) is 4.98 Å². The summed E-state index contributed by atoms with van der Waals surface area (Å²) >= 11 is 0. The summed E-state index contributed by atoms with van der Waals surface area (Å²) in [5.74, 6) is 1.26. The Labute approximate surface area is 214 Å². The zero-order valence-corrected chi connectivity index (χ0v) is 22.1. The van der Waals surface area contributed by atoms with Gasteiger partial charge in [-0.25, -0.2) is 9.97 Å². The molecule has 0 aromatic carbocycles. The van der Waals surface area contributed by atoms with E-state index in [4.69, 9.17) is 4.98 Å². The monoisotopic (exact) mass is 492 g/mol. The van der Waals surface area contributed by atoms with Crippen LogP contribution in [0.1, 0.15) is 63.1 Å². The minimum atomic E-state index is -0.682. The number of piperazine rings is 1. The number of anilines is 2. The van der Waals surface area contributed by atoms with Crippen molar-refractivity contribution in [2.75, 3.05) is 45.6 Å². The Hall–Kier alpha value is -2.59. The highest BCUT2D eigenvalue weighted by atomic mass is 16.3. The zero-order valence-electron chi connectivity index (χ0n) is 22.1. The van der Waals surface area contributed by atoms with Crippen LogP contribution >= 0.6 is 0 Å². The number of fused-ring (bicyclic) bond motifs is 1. The second-order valence-electron chi connectivity index (χ2n) is 10.8. The van der Waals surface area contributed by atoms with E-state index in [1.165, 1.54) is 18.4 Å². The molecule has 0 bridgehead atoms. The lowest BCUT2D eigenvalue weighted by molar-refractivity contribution is 0.0319. The molecular formula is C27H40N8O. The van der Waals surface area contributed by atoms with E-state index in [9.17, 15) is 5.11 Å². The molecule has 2 N–H and O–H groups in total. The molecular weight excluding hydrogens is 452 g/mol. The summed E-state index contributed by atoms with van der Waals surface area (Å²) in [6.45, 7) is 9.90. The predicted octanol–water partition coefficient (Wildman–Crippen LogP) is 3.76. The van der Waals surface area contributed by atoms with Crippen LogP contribution in [0.25, 0.3) is 11.0 Å². The maximum atomic E-state index is 10.9. The molecule has 4 heterocycles. The molecule has 1 aliphatic heterocycles. The molecule has 2 aliphatic rings.